The maximum Gasteiger partial charge on any atom is 0.522 e. The molecule has 0 bridgehead atoms. The first kappa shape index (κ1) is 13.7. The molecule has 1 atom stereocenters. The molecule has 0 radical (unpaired) electrons. The fraction of sp³-hybridized carbons (Fsp3) is 1.00. The van der Waals surface area contributed by atoms with E-state index in [0.717, 1.165) is 19.5 Å². The van der Waals surface area contributed by atoms with E-state index in [1.54, 1.807) is 0 Å². The van der Waals surface area contributed by atoms with Crippen molar-refractivity contribution < 1.29 is 22.6 Å². The molecular formula is C10H18F3NO2. The molecule has 0 spiro atoms. The lowest BCUT2D eigenvalue weighted by Gasteiger charge is -2.22. The predicted molar refractivity (Wildman–Crippen MR) is 53.0 cm³/mol. The topological polar surface area (TPSA) is 30.5 Å². The highest BCUT2D eigenvalue weighted by atomic mass is 19.4. The fourth-order valence-electron chi connectivity index (χ4n) is 1.74. The third-order valence-electron chi connectivity index (χ3n) is 2.56. The minimum atomic E-state index is -4.54. The number of halogens is 3. The molecule has 1 heterocycles. The second kappa shape index (κ2) is 7.09. The van der Waals surface area contributed by atoms with Crippen molar-refractivity contribution in [2.75, 3.05) is 32.9 Å². The summed E-state index contributed by atoms with van der Waals surface area (Å²) in [5.74, 6) is 0.595. The summed E-state index contributed by atoms with van der Waals surface area (Å²) in [6.07, 6.45) is -1.30. The quantitative estimate of drug-likeness (QED) is 0.721. The van der Waals surface area contributed by atoms with Crippen molar-refractivity contribution in [3.05, 3.63) is 0 Å². The normalized spacial score (nSPS) is 22.3. The third kappa shape index (κ3) is 7.03. The predicted octanol–water partition coefficient (Wildman–Crippen LogP) is 1.93. The van der Waals surface area contributed by atoms with Gasteiger partial charge in [-0.25, -0.2) is 0 Å². The number of hydrogen-bond acceptors (Lipinski definition) is 3. The molecule has 6 heteroatoms. The van der Waals surface area contributed by atoms with Crippen LogP contribution in [0.2, 0.25) is 0 Å². The number of piperidine rings is 1. The Morgan fingerprint density at radius 3 is 2.62 bits per heavy atom. The van der Waals surface area contributed by atoms with Gasteiger partial charge in [0.15, 0.2) is 0 Å². The second-order valence-electron chi connectivity index (χ2n) is 3.91. The molecular weight excluding hydrogens is 223 g/mol. The molecule has 3 nitrogen and oxygen atoms in total. The van der Waals surface area contributed by atoms with Gasteiger partial charge in [0.25, 0.3) is 0 Å². The van der Waals surface area contributed by atoms with E-state index in [1.165, 1.54) is 12.8 Å². The minimum absolute atomic E-state index is 0.000339. The van der Waals surface area contributed by atoms with Crippen molar-refractivity contribution in [3.63, 3.8) is 0 Å². The van der Waals surface area contributed by atoms with Crippen LogP contribution in [-0.4, -0.2) is 39.3 Å². The molecule has 1 fully saturated rings. The Bertz CT molecular complexity index is 181. The molecule has 1 rings (SSSR count). The molecule has 0 aromatic rings. The second-order valence-corrected chi connectivity index (χ2v) is 3.91. The van der Waals surface area contributed by atoms with E-state index >= 15 is 0 Å². The van der Waals surface area contributed by atoms with Crippen LogP contribution < -0.4 is 5.32 Å². The fourth-order valence-corrected chi connectivity index (χ4v) is 1.74. The van der Waals surface area contributed by atoms with Crippen LogP contribution in [0.4, 0.5) is 13.2 Å². The lowest BCUT2D eigenvalue weighted by molar-refractivity contribution is -0.327. The van der Waals surface area contributed by atoms with Crippen molar-refractivity contribution in [1.29, 1.82) is 0 Å². The largest absolute Gasteiger partial charge is 0.522 e. The van der Waals surface area contributed by atoms with Gasteiger partial charge in [-0.05, 0) is 38.3 Å². The van der Waals surface area contributed by atoms with Crippen LogP contribution in [0.3, 0.4) is 0 Å². The summed E-state index contributed by atoms with van der Waals surface area (Å²) in [5.41, 5.74) is 0. The van der Waals surface area contributed by atoms with E-state index < -0.39 is 13.0 Å². The Morgan fingerprint density at radius 2 is 2.00 bits per heavy atom. The van der Waals surface area contributed by atoms with Crippen LogP contribution in [-0.2, 0) is 9.47 Å². The number of rotatable bonds is 6. The summed E-state index contributed by atoms with van der Waals surface area (Å²) in [6.45, 7) is 2.14. The van der Waals surface area contributed by atoms with Crippen molar-refractivity contribution >= 4 is 0 Å². The summed E-state index contributed by atoms with van der Waals surface area (Å²) < 4.78 is 43.4. The zero-order chi connectivity index (χ0) is 11.9. The van der Waals surface area contributed by atoms with Gasteiger partial charge in [0.05, 0.1) is 13.2 Å². The SMILES string of the molecule is FC(F)(F)OCCOCCC1CCCNC1. The molecule has 0 amide bonds. The van der Waals surface area contributed by atoms with Gasteiger partial charge in [-0.15, -0.1) is 13.2 Å². The number of nitrogens with one attached hydrogen (secondary N) is 1. The van der Waals surface area contributed by atoms with Crippen molar-refractivity contribution in [2.24, 2.45) is 5.92 Å². The zero-order valence-corrected chi connectivity index (χ0v) is 9.18. The number of alkyl halides is 3. The van der Waals surface area contributed by atoms with E-state index in [0.29, 0.717) is 12.5 Å². The Kier molecular flexibility index (Phi) is 6.08. The van der Waals surface area contributed by atoms with E-state index in [2.05, 4.69) is 10.1 Å². The number of ether oxygens (including phenoxy) is 2. The van der Waals surface area contributed by atoms with Gasteiger partial charge in [-0.3, -0.25) is 4.74 Å². The van der Waals surface area contributed by atoms with Gasteiger partial charge < -0.3 is 10.1 Å². The summed E-state index contributed by atoms with van der Waals surface area (Å²) in [5, 5.41) is 3.28. The molecule has 16 heavy (non-hydrogen) atoms. The maximum atomic E-state index is 11.6. The van der Waals surface area contributed by atoms with Gasteiger partial charge in [0.2, 0.25) is 0 Å². The first-order valence-electron chi connectivity index (χ1n) is 5.57. The van der Waals surface area contributed by atoms with E-state index in [4.69, 9.17) is 4.74 Å². The summed E-state index contributed by atoms with van der Waals surface area (Å²) >= 11 is 0. The molecule has 1 saturated heterocycles. The standard InChI is InChI=1S/C10H18F3NO2/c11-10(12,13)16-7-6-15-5-3-9-2-1-4-14-8-9/h9,14H,1-8H2. The van der Waals surface area contributed by atoms with Crippen LogP contribution in [0.5, 0.6) is 0 Å². The highest BCUT2D eigenvalue weighted by molar-refractivity contribution is 4.68. The monoisotopic (exact) mass is 241 g/mol. The average molecular weight is 241 g/mol. The smallest absolute Gasteiger partial charge is 0.379 e. The highest BCUT2D eigenvalue weighted by Crippen LogP contribution is 2.16. The van der Waals surface area contributed by atoms with E-state index in [1.807, 2.05) is 0 Å². The Balaban J connectivity index is 1.87. The molecule has 1 aliphatic heterocycles. The first-order valence-corrected chi connectivity index (χ1v) is 5.57. The zero-order valence-electron chi connectivity index (χ0n) is 9.18. The van der Waals surface area contributed by atoms with Gasteiger partial charge in [-0.1, -0.05) is 0 Å². The molecule has 0 saturated carbocycles. The highest BCUT2D eigenvalue weighted by Gasteiger charge is 2.28. The van der Waals surface area contributed by atoms with Gasteiger partial charge in [0, 0.05) is 6.61 Å². The third-order valence-corrected chi connectivity index (χ3v) is 2.56. The molecule has 1 unspecified atom stereocenters. The molecule has 96 valence electrons. The van der Waals surface area contributed by atoms with Crippen LogP contribution in [0.15, 0.2) is 0 Å². The molecule has 1 N–H and O–H groups in total. The maximum absolute atomic E-state index is 11.6. The van der Waals surface area contributed by atoms with E-state index in [-0.39, 0.29) is 6.61 Å². The summed E-state index contributed by atoms with van der Waals surface area (Å²) in [6, 6.07) is 0. The van der Waals surface area contributed by atoms with Crippen LogP contribution in [0, 0.1) is 5.92 Å². The average Bonchev–Trinajstić information content (AvgIpc) is 2.23. The molecule has 1 aliphatic rings. The van der Waals surface area contributed by atoms with Crippen LogP contribution >= 0.6 is 0 Å². The Labute approximate surface area is 93.3 Å². The van der Waals surface area contributed by atoms with Gasteiger partial charge in [-0.2, -0.15) is 0 Å². The summed E-state index contributed by atoms with van der Waals surface area (Å²) in [4.78, 5) is 0. The van der Waals surface area contributed by atoms with Crippen LogP contribution in [0.1, 0.15) is 19.3 Å². The lowest BCUT2D eigenvalue weighted by Crippen LogP contribution is -2.30. The lowest BCUT2D eigenvalue weighted by atomic mass is 9.97. The van der Waals surface area contributed by atoms with Crippen LogP contribution in [0.25, 0.3) is 0 Å². The minimum Gasteiger partial charge on any atom is -0.379 e. The van der Waals surface area contributed by atoms with Crippen molar-refractivity contribution in [2.45, 2.75) is 25.6 Å². The van der Waals surface area contributed by atoms with Gasteiger partial charge >= 0.3 is 6.36 Å². The first-order chi connectivity index (χ1) is 7.58. The van der Waals surface area contributed by atoms with Crippen molar-refractivity contribution in [3.8, 4) is 0 Å². The molecule has 0 aliphatic carbocycles. The Morgan fingerprint density at radius 1 is 1.19 bits per heavy atom. The van der Waals surface area contributed by atoms with Gasteiger partial charge in [0.1, 0.15) is 0 Å². The number of hydrogen-bond donors (Lipinski definition) is 1. The van der Waals surface area contributed by atoms with Crippen molar-refractivity contribution in [1.82, 2.24) is 5.32 Å². The Hall–Kier alpha value is -0.330. The molecule has 0 aromatic carbocycles. The molecule has 0 aromatic heterocycles. The summed E-state index contributed by atoms with van der Waals surface area (Å²) in [7, 11) is 0. The van der Waals surface area contributed by atoms with E-state index in [9.17, 15) is 13.2 Å².